The smallest absolute Gasteiger partial charge is 0.200 e. The van der Waals surface area contributed by atoms with Crippen LogP contribution >= 0.6 is 0 Å². The third kappa shape index (κ3) is 1.73. The molecule has 0 radical (unpaired) electrons. The first-order chi connectivity index (χ1) is 8.04. The second kappa shape index (κ2) is 3.89. The summed E-state index contributed by atoms with van der Waals surface area (Å²) >= 11 is 0. The van der Waals surface area contributed by atoms with E-state index in [9.17, 15) is 10.2 Å². The number of hydrogen-bond donors (Lipinski definition) is 3. The Bertz CT molecular complexity index is 544. The lowest BCUT2D eigenvalue weighted by molar-refractivity contribution is 0.351. The molecule has 0 aliphatic rings. The van der Waals surface area contributed by atoms with Crippen LogP contribution in [-0.2, 0) is 7.05 Å². The van der Waals surface area contributed by atoms with E-state index in [-0.39, 0.29) is 17.2 Å². The summed E-state index contributed by atoms with van der Waals surface area (Å²) in [6.45, 7) is 0. The van der Waals surface area contributed by atoms with Gasteiger partial charge in [0.05, 0.1) is 24.7 Å². The molecular formula is C11H13N3O3. The molecule has 0 bridgehead atoms. The van der Waals surface area contributed by atoms with Crippen molar-refractivity contribution in [2.24, 2.45) is 7.05 Å². The van der Waals surface area contributed by atoms with E-state index in [1.807, 2.05) is 0 Å². The Hall–Kier alpha value is -2.37. The highest BCUT2D eigenvalue weighted by Gasteiger charge is 2.15. The summed E-state index contributed by atoms with van der Waals surface area (Å²) in [6.07, 6.45) is 1.52. The van der Waals surface area contributed by atoms with Crippen molar-refractivity contribution in [1.82, 2.24) is 9.78 Å². The summed E-state index contributed by atoms with van der Waals surface area (Å²) in [7, 11) is 3.15. The van der Waals surface area contributed by atoms with Gasteiger partial charge in [-0.3, -0.25) is 4.68 Å². The van der Waals surface area contributed by atoms with Gasteiger partial charge in [0.25, 0.3) is 0 Å². The molecule has 17 heavy (non-hydrogen) atoms. The molecule has 6 nitrogen and oxygen atoms in total. The predicted molar refractivity (Wildman–Crippen MR) is 62.9 cm³/mol. The first-order valence-corrected chi connectivity index (χ1v) is 4.92. The van der Waals surface area contributed by atoms with Crippen LogP contribution in [0, 0.1) is 0 Å². The zero-order valence-corrected chi connectivity index (χ0v) is 9.51. The normalized spacial score (nSPS) is 10.5. The van der Waals surface area contributed by atoms with E-state index in [0.29, 0.717) is 16.9 Å². The average molecular weight is 235 g/mol. The highest BCUT2D eigenvalue weighted by molar-refractivity contribution is 5.76. The third-order valence-electron chi connectivity index (χ3n) is 2.52. The number of phenols is 2. The molecule has 0 aliphatic heterocycles. The zero-order chi connectivity index (χ0) is 12.6. The molecule has 0 amide bonds. The number of ether oxygens (including phenoxy) is 1. The number of nitrogens with zero attached hydrogens (tertiary/aromatic N) is 2. The summed E-state index contributed by atoms with van der Waals surface area (Å²) in [5, 5.41) is 23.1. The molecule has 0 saturated heterocycles. The molecule has 1 heterocycles. The average Bonchev–Trinajstić information content (AvgIpc) is 2.62. The van der Waals surface area contributed by atoms with Crippen LogP contribution in [-0.4, -0.2) is 27.1 Å². The number of aromatic hydroxyl groups is 2. The maximum atomic E-state index is 9.59. The standard InChI is InChI=1S/C11H13N3O3/c1-14-10(7(12)5-13-14)6-3-8(15)11(16)9(4-6)17-2/h3-5,15-16H,12H2,1-2H3. The molecule has 0 aliphatic carbocycles. The number of methoxy groups -OCH3 is 1. The van der Waals surface area contributed by atoms with Crippen molar-refractivity contribution in [2.75, 3.05) is 12.8 Å². The van der Waals surface area contributed by atoms with Crippen LogP contribution in [0.5, 0.6) is 17.2 Å². The Morgan fingerprint density at radius 1 is 1.35 bits per heavy atom. The molecule has 0 fully saturated rings. The van der Waals surface area contributed by atoms with Crippen molar-refractivity contribution in [2.45, 2.75) is 0 Å². The molecule has 0 saturated carbocycles. The third-order valence-corrected chi connectivity index (χ3v) is 2.52. The fourth-order valence-corrected chi connectivity index (χ4v) is 1.69. The molecule has 6 heteroatoms. The fourth-order valence-electron chi connectivity index (χ4n) is 1.69. The quantitative estimate of drug-likeness (QED) is 0.677. The van der Waals surface area contributed by atoms with Gasteiger partial charge in [0, 0.05) is 12.6 Å². The topological polar surface area (TPSA) is 93.5 Å². The van der Waals surface area contributed by atoms with Crippen LogP contribution in [0.2, 0.25) is 0 Å². The molecule has 4 N–H and O–H groups in total. The van der Waals surface area contributed by atoms with Crippen LogP contribution in [0.1, 0.15) is 0 Å². The number of aryl methyl sites for hydroxylation is 1. The van der Waals surface area contributed by atoms with Crippen LogP contribution in [0.25, 0.3) is 11.3 Å². The fraction of sp³-hybridized carbons (Fsp3) is 0.182. The number of nitrogens with two attached hydrogens (primary N) is 1. The minimum absolute atomic E-state index is 0.181. The summed E-state index contributed by atoms with van der Waals surface area (Å²) in [5.41, 5.74) is 7.54. The lowest BCUT2D eigenvalue weighted by Crippen LogP contribution is -1.96. The van der Waals surface area contributed by atoms with E-state index in [2.05, 4.69) is 5.10 Å². The monoisotopic (exact) mass is 235 g/mol. The van der Waals surface area contributed by atoms with Gasteiger partial charge in [0.1, 0.15) is 0 Å². The molecule has 0 atom stereocenters. The van der Waals surface area contributed by atoms with Crippen molar-refractivity contribution >= 4 is 5.69 Å². The van der Waals surface area contributed by atoms with Gasteiger partial charge in [-0.05, 0) is 12.1 Å². The number of nitrogen functional groups attached to an aromatic ring is 1. The number of rotatable bonds is 2. The molecular weight excluding hydrogens is 222 g/mol. The number of aromatic nitrogens is 2. The molecule has 1 aromatic carbocycles. The minimum Gasteiger partial charge on any atom is -0.504 e. The Labute approximate surface area is 97.9 Å². The Morgan fingerprint density at radius 2 is 2.06 bits per heavy atom. The van der Waals surface area contributed by atoms with E-state index in [0.717, 1.165) is 0 Å². The summed E-state index contributed by atoms with van der Waals surface area (Å²) < 4.78 is 6.55. The summed E-state index contributed by atoms with van der Waals surface area (Å²) in [6, 6.07) is 2.99. The lowest BCUT2D eigenvalue weighted by Gasteiger charge is -2.09. The molecule has 90 valence electrons. The molecule has 2 rings (SSSR count). The van der Waals surface area contributed by atoms with Crippen LogP contribution in [0.15, 0.2) is 18.3 Å². The maximum Gasteiger partial charge on any atom is 0.200 e. The summed E-state index contributed by atoms with van der Waals surface area (Å²) in [4.78, 5) is 0. The van der Waals surface area contributed by atoms with Gasteiger partial charge < -0.3 is 20.7 Å². The van der Waals surface area contributed by atoms with Gasteiger partial charge in [-0.25, -0.2) is 0 Å². The van der Waals surface area contributed by atoms with E-state index < -0.39 is 0 Å². The number of anilines is 1. The van der Waals surface area contributed by atoms with E-state index in [1.165, 1.54) is 19.4 Å². The first kappa shape index (κ1) is 11.1. The maximum absolute atomic E-state index is 9.59. The van der Waals surface area contributed by atoms with Crippen molar-refractivity contribution in [3.05, 3.63) is 18.3 Å². The van der Waals surface area contributed by atoms with E-state index in [1.54, 1.807) is 17.8 Å². The summed E-state index contributed by atoms with van der Waals surface area (Å²) in [5.74, 6) is -0.377. The van der Waals surface area contributed by atoms with Gasteiger partial charge in [0.2, 0.25) is 5.75 Å². The van der Waals surface area contributed by atoms with Crippen LogP contribution in [0.4, 0.5) is 5.69 Å². The van der Waals surface area contributed by atoms with Crippen molar-refractivity contribution in [3.8, 4) is 28.5 Å². The Kier molecular flexibility index (Phi) is 2.55. The molecule has 0 spiro atoms. The number of benzene rings is 1. The minimum atomic E-state index is -0.294. The molecule has 0 unspecified atom stereocenters. The van der Waals surface area contributed by atoms with E-state index in [4.69, 9.17) is 10.5 Å². The molecule has 1 aromatic heterocycles. The van der Waals surface area contributed by atoms with Gasteiger partial charge in [-0.15, -0.1) is 0 Å². The van der Waals surface area contributed by atoms with Crippen LogP contribution in [0.3, 0.4) is 0 Å². The second-order valence-corrected chi connectivity index (χ2v) is 3.62. The van der Waals surface area contributed by atoms with Gasteiger partial charge in [-0.1, -0.05) is 0 Å². The van der Waals surface area contributed by atoms with Gasteiger partial charge in [-0.2, -0.15) is 5.10 Å². The van der Waals surface area contributed by atoms with Crippen molar-refractivity contribution in [3.63, 3.8) is 0 Å². The predicted octanol–water partition coefficient (Wildman–Crippen LogP) is 1.09. The van der Waals surface area contributed by atoms with Gasteiger partial charge >= 0.3 is 0 Å². The Balaban J connectivity index is 2.65. The Morgan fingerprint density at radius 3 is 2.59 bits per heavy atom. The first-order valence-electron chi connectivity index (χ1n) is 4.92. The van der Waals surface area contributed by atoms with Crippen LogP contribution < -0.4 is 10.5 Å². The lowest BCUT2D eigenvalue weighted by atomic mass is 10.1. The number of hydrogen-bond acceptors (Lipinski definition) is 5. The number of phenolic OH excluding ortho intramolecular Hbond substituents is 2. The highest BCUT2D eigenvalue weighted by atomic mass is 16.5. The zero-order valence-electron chi connectivity index (χ0n) is 9.51. The van der Waals surface area contributed by atoms with Crippen molar-refractivity contribution < 1.29 is 14.9 Å². The highest BCUT2D eigenvalue weighted by Crippen LogP contribution is 2.40. The van der Waals surface area contributed by atoms with E-state index >= 15 is 0 Å². The van der Waals surface area contributed by atoms with Gasteiger partial charge in [0.15, 0.2) is 11.5 Å². The molecule has 2 aromatic rings. The van der Waals surface area contributed by atoms with Crippen molar-refractivity contribution in [1.29, 1.82) is 0 Å². The SMILES string of the molecule is COc1cc(-c2c(N)cnn2C)cc(O)c1O. The second-order valence-electron chi connectivity index (χ2n) is 3.62. The largest absolute Gasteiger partial charge is 0.504 e.